The van der Waals surface area contributed by atoms with Gasteiger partial charge in [0.25, 0.3) is 0 Å². The lowest BCUT2D eigenvalue weighted by Gasteiger charge is -2.24. The summed E-state index contributed by atoms with van der Waals surface area (Å²) in [5.74, 6) is -0.863. The third kappa shape index (κ3) is 61.1. The largest absolute Gasteiger partial charge is 0.472 e. The van der Waals surface area contributed by atoms with Crippen LogP contribution in [0, 0.1) is 0 Å². The average molecular weight is 1100 g/mol. The van der Waals surface area contributed by atoms with Crippen molar-refractivity contribution in [1.82, 2.24) is 0 Å². The predicted octanol–water partition coefficient (Wildman–Crippen LogP) is 19.5. The highest BCUT2D eigenvalue weighted by Gasteiger charge is 2.27. The number of allylic oxidation sites excluding steroid dienone is 24. The molecule has 1 N–H and O–H groups in total. The highest BCUT2D eigenvalue weighted by Crippen LogP contribution is 2.43. The van der Waals surface area contributed by atoms with Gasteiger partial charge in [0.05, 0.1) is 27.7 Å². The van der Waals surface area contributed by atoms with E-state index in [-0.39, 0.29) is 32.0 Å². The third-order valence-electron chi connectivity index (χ3n) is 12.4. The minimum atomic E-state index is -4.41. The van der Waals surface area contributed by atoms with Gasteiger partial charge in [-0.1, -0.05) is 230 Å². The number of rotatable bonds is 54. The molecule has 0 aromatic carbocycles. The minimum absolute atomic E-state index is 0.0141. The molecule has 0 fully saturated rings. The van der Waals surface area contributed by atoms with Crippen LogP contribution in [0.5, 0.6) is 0 Å². The van der Waals surface area contributed by atoms with Crippen molar-refractivity contribution in [2.45, 2.75) is 225 Å². The van der Waals surface area contributed by atoms with Crippen molar-refractivity contribution >= 4 is 19.8 Å². The monoisotopic (exact) mass is 1100 g/mol. The highest BCUT2D eigenvalue weighted by molar-refractivity contribution is 7.47. The number of ether oxygens (including phenoxy) is 2. The fraction of sp³-hybridized carbons (Fsp3) is 0.618. The molecule has 0 saturated heterocycles. The lowest BCUT2D eigenvalue weighted by Crippen LogP contribution is -2.37. The maximum atomic E-state index is 12.8. The van der Waals surface area contributed by atoms with Crippen LogP contribution in [0.2, 0.25) is 0 Å². The second-order valence-electron chi connectivity index (χ2n) is 21.0. The lowest BCUT2D eigenvalue weighted by molar-refractivity contribution is -0.870. The van der Waals surface area contributed by atoms with Gasteiger partial charge in [0.15, 0.2) is 6.10 Å². The van der Waals surface area contributed by atoms with Gasteiger partial charge in [-0.05, 0) is 122 Å². The summed E-state index contributed by atoms with van der Waals surface area (Å²) in [5, 5.41) is 0. The topological polar surface area (TPSA) is 108 Å². The number of phosphoric ester groups is 1. The summed E-state index contributed by atoms with van der Waals surface area (Å²) in [4.78, 5) is 35.7. The first-order valence-electron chi connectivity index (χ1n) is 30.6. The quantitative estimate of drug-likeness (QED) is 0.0211. The third-order valence-corrected chi connectivity index (χ3v) is 13.3. The fourth-order valence-corrected chi connectivity index (χ4v) is 8.40. The maximum Gasteiger partial charge on any atom is 0.472 e. The number of unbranched alkanes of at least 4 members (excludes halogenated alkanes) is 16. The molecule has 0 aliphatic carbocycles. The molecule has 9 nitrogen and oxygen atoms in total. The Balaban J connectivity index is 4.30. The van der Waals surface area contributed by atoms with Gasteiger partial charge in [0, 0.05) is 12.8 Å². The number of hydrogen-bond acceptors (Lipinski definition) is 7. The van der Waals surface area contributed by atoms with Gasteiger partial charge in [-0.2, -0.15) is 0 Å². The average Bonchev–Trinajstić information content (AvgIpc) is 3.41. The Morgan fingerprint density at radius 3 is 1.12 bits per heavy atom. The van der Waals surface area contributed by atoms with Crippen LogP contribution in [-0.2, 0) is 32.7 Å². The molecule has 0 rings (SSSR count). The summed E-state index contributed by atoms with van der Waals surface area (Å²) in [6.45, 7) is 4.24. The van der Waals surface area contributed by atoms with Crippen molar-refractivity contribution in [1.29, 1.82) is 0 Å². The second kappa shape index (κ2) is 57.6. The molecule has 0 aromatic rings. The lowest BCUT2D eigenvalue weighted by atomic mass is 10.1. The van der Waals surface area contributed by atoms with E-state index in [4.69, 9.17) is 18.5 Å². The van der Waals surface area contributed by atoms with Crippen LogP contribution in [0.15, 0.2) is 146 Å². The molecule has 0 aliphatic heterocycles. The zero-order valence-corrected chi connectivity index (χ0v) is 51.0. The van der Waals surface area contributed by atoms with Gasteiger partial charge in [-0.3, -0.25) is 18.6 Å². The number of esters is 2. The van der Waals surface area contributed by atoms with Crippen LogP contribution in [0.4, 0.5) is 0 Å². The van der Waals surface area contributed by atoms with Crippen LogP contribution in [0.1, 0.15) is 219 Å². The number of phosphoric acid groups is 1. The molecule has 0 heterocycles. The molecule has 0 saturated carbocycles. The Morgan fingerprint density at radius 1 is 0.410 bits per heavy atom. The maximum absolute atomic E-state index is 12.8. The summed E-state index contributed by atoms with van der Waals surface area (Å²) < 4.78 is 34.5. The van der Waals surface area contributed by atoms with Crippen LogP contribution in [-0.4, -0.2) is 74.9 Å². The van der Waals surface area contributed by atoms with Crippen LogP contribution in [0.3, 0.4) is 0 Å². The van der Waals surface area contributed by atoms with Crippen molar-refractivity contribution in [3.05, 3.63) is 146 Å². The van der Waals surface area contributed by atoms with Crippen molar-refractivity contribution in [2.75, 3.05) is 47.5 Å². The molecule has 2 unspecified atom stereocenters. The van der Waals surface area contributed by atoms with Gasteiger partial charge >= 0.3 is 19.8 Å². The fourth-order valence-electron chi connectivity index (χ4n) is 7.66. The number of carbonyl (C=O) groups is 2. The Labute approximate surface area is 478 Å². The molecule has 10 heteroatoms. The van der Waals surface area contributed by atoms with Crippen molar-refractivity contribution in [2.24, 2.45) is 0 Å². The first-order chi connectivity index (χ1) is 38.0. The number of carbonyl (C=O) groups excluding carboxylic acids is 2. The highest BCUT2D eigenvalue weighted by atomic mass is 31.2. The summed E-state index contributed by atoms with van der Waals surface area (Å²) in [6, 6.07) is 0. The van der Waals surface area contributed by atoms with Crippen LogP contribution < -0.4 is 0 Å². The Morgan fingerprint density at radius 2 is 0.731 bits per heavy atom. The van der Waals surface area contributed by atoms with E-state index < -0.39 is 26.5 Å². The first kappa shape index (κ1) is 73.9. The van der Waals surface area contributed by atoms with Gasteiger partial charge in [-0.25, -0.2) is 4.57 Å². The molecular weight excluding hydrogens is 990 g/mol. The SMILES string of the molecule is CC/C=C\C/C=C\C/C=C\C/C=C\C/C=C\C/C=C\C/C=C\C/C=C\C/C=C\C/C=C\CCCCC(=O)OC(COC(=O)CCCCCCCCCCC/C=C\C/C=C\CCCCCCC)COP(=O)(O)OCC[N+](C)(C)C. The van der Waals surface area contributed by atoms with Crippen molar-refractivity contribution in [3.8, 4) is 0 Å². The van der Waals surface area contributed by atoms with E-state index in [1.54, 1.807) is 0 Å². The molecule has 2 atom stereocenters. The summed E-state index contributed by atoms with van der Waals surface area (Å²) in [6.07, 6.45) is 84.9. The Kier molecular flexibility index (Phi) is 54.5. The van der Waals surface area contributed by atoms with E-state index in [1.165, 1.54) is 70.6 Å². The summed E-state index contributed by atoms with van der Waals surface area (Å²) in [7, 11) is 1.42. The van der Waals surface area contributed by atoms with Crippen molar-refractivity contribution < 1.29 is 42.1 Å². The molecule has 78 heavy (non-hydrogen) atoms. The number of nitrogens with zero attached hydrogens (tertiary/aromatic N) is 1. The first-order valence-corrected chi connectivity index (χ1v) is 32.1. The molecule has 0 radical (unpaired) electrons. The van der Waals surface area contributed by atoms with Crippen LogP contribution >= 0.6 is 7.82 Å². The smallest absolute Gasteiger partial charge is 0.462 e. The van der Waals surface area contributed by atoms with E-state index in [0.29, 0.717) is 17.4 Å². The number of quaternary nitrogens is 1. The van der Waals surface area contributed by atoms with Gasteiger partial charge < -0.3 is 18.9 Å². The molecule has 0 aliphatic rings. The Bertz CT molecular complexity index is 1820. The zero-order valence-electron chi connectivity index (χ0n) is 50.1. The Hall–Kier alpha value is -4.11. The normalized spacial score (nSPS) is 14.3. The second-order valence-corrected chi connectivity index (χ2v) is 22.5. The van der Waals surface area contributed by atoms with E-state index >= 15 is 0 Å². The molecule has 0 amide bonds. The standard InChI is InChI=1S/C68H112NO8P/c1-6-8-10-12-14-16-18-20-22-24-26-28-29-30-31-32-33-34-35-36-37-38-39-41-43-45-47-49-51-53-55-57-59-61-68(71)77-66(65-76-78(72,73)75-63-62-69(3,4)5)64-74-67(70)60-58-56-54-52-50-48-46-44-42-40-27-25-23-21-19-17-15-13-11-9-7-2/h8,10,14,16,19-22,25-28,30-31,33-34,36-37,39,41,45,47,51,53,66H,6-7,9,11-13,15,17-18,23-24,29,32,35,38,40,42-44,46,48-50,52,54-65H2,1-5H3/p+1/b10-8-,16-14-,21-19-,22-20-,27-25-,28-26-,31-30-,34-33-,37-36-,41-39-,47-45-,53-51-. The van der Waals surface area contributed by atoms with Gasteiger partial charge in [0.2, 0.25) is 0 Å². The molecule has 0 bridgehead atoms. The molecule has 442 valence electrons. The van der Waals surface area contributed by atoms with E-state index in [1.807, 2.05) is 21.1 Å². The van der Waals surface area contributed by atoms with Crippen molar-refractivity contribution in [3.63, 3.8) is 0 Å². The molecule has 0 spiro atoms. The minimum Gasteiger partial charge on any atom is -0.462 e. The van der Waals surface area contributed by atoms with E-state index in [2.05, 4.69) is 160 Å². The van der Waals surface area contributed by atoms with Gasteiger partial charge in [-0.15, -0.1) is 0 Å². The predicted molar refractivity (Wildman–Crippen MR) is 334 cm³/mol. The zero-order chi connectivity index (χ0) is 57.0. The summed E-state index contributed by atoms with van der Waals surface area (Å²) >= 11 is 0. The number of likely N-dealkylation sites (N-methyl/N-ethyl adjacent to an activating group) is 1. The van der Waals surface area contributed by atoms with E-state index in [9.17, 15) is 19.0 Å². The molecule has 0 aromatic heterocycles. The van der Waals surface area contributed by atoms with Gasteiger partial charge in [0.1, 0.15) is 19.8 Å². The number of hydrogen-bond donors (Lipinski definition) is 1. The van der Waals surface area contributed by atoms with Crippen LogP contribution in [0.25, 0.3) is 0 Å². The molecular formula is C68H113NO8P+. The van der Waals surface area contributed by atoms with E-state index in [0.717, 1.165) is 116 Å². The summed E-state index contributed by atoms with van der Waals surface area (Å²) in [5.41, 5.74) is 0.